The number of aryl methyl sites for hydroxylation is 1. The standard InChI is InChI=1S/C25H32.C2H6/c1-8-20-21(15(2)3)11-9-18-14-24-19(13-23(18)20)10-12-22(16(4)5)25(24)17(6)7;1-2/h9-17H,8H2,1-7H3;1-2H3. The Bertz CT molecular complexity index is 910. The van der Waals surface area contributed by atoms with Crippen molar-refractivity contribution in [1.29, 1.82) is 0 Å². The lowest BCUT2D eigenvalue weighted by Gasteiger charge is -2.21. The van der Waals surface area contributed by atoms with Crippen molar-refractivity contribution in [2.45, 2.75) is 86.5 Å². The van der Waals surface area contributed by atoms with Gasteiger partial charge in [0.25, 0.3) is 0 Å². The van der Waals surface area contributed by atoms with E-state index in [1.807, 2.05) is 13.8 Å². The second-order valence-electron chi connectivity index (χ2n) is 8.31. The molecule has 0 heterocycles. The van der Waals surface area contributed by atoms with Crippen LogP contribution in [0.25, 0.3) is 21.5 Å². The highest BCUT2D eigenvalue weighted by Gasteiger charge is 2.16. The molecule has 0 aromatic heterocycles. The maximum atomic E-state index is 2.44. The summed E-state index contributed by atoms with van der Waals surface area (Å²) in [5, 5.41) is 5.65. The maximum Gasteiger partial charge on any atom is -0.0140 e. The van der Waals surface area contributed by atoms with Crippen molar-refractivity contribution in [1.82, 2.24) is 0 Å². The predicted molar refractivity (Wildman–Crippen MR) is 124 cm³/mol. The Morgan fingerprint density at radius 3 is 1.59 bits per heavy atom. The Hall–Kier alpha value is -1.82. The molecule has 0 bridgehead atoms. The van der Waals surface area contributed by atoms with E-state index in [2.05, 4.69) is 84.9 Å². The van der Waals surface area contributed by atoms with Gasteiger partial charge in [-0.2, -0.15) is 0 Å². The average molecular weight is 363 g/mol. The van der Waals surface area contributed by atoms with E-state index in [1.54, 1.807) is 0 Å². The fourth-order valence-corrected chi connectivity index (χ4v) is 4.35. The van der Waals surface area contributed by atoms with E-state index < -0.39 is 0 Å². The van der Waals surface area contributed by atoms with Crippen molar-refractivity contribution in [2.75, 3.05) is 0 Å². The van der Waals surface area contributed by atoms with Crippen molar-refractivity contribution in [3.05, 3.63) is 58.7 Å². The van der Waals surface area contributed by atoms with Gasteiger partial charge in [-0.15, -0.1) is 0 Å². The highest BCUT2D eigenvalue weighted by molar-refractivity contribution is 6.02. The summed E-state index contributed by atoms with van der Waals surface area (Å²) in [7, 11) is 0. The third-order valence-electron chi connectivity index (χ3n) is 5.56. The zero-order valence-electron chi connectivity index (χ0n) is 18.9. The van der Waals surface area contributed by atoms with Gasteiger partial charge in [0.15, 0.2) is 0 Å². The number of benzene rings is 3. The molecule has 3 aromatic carbocycles. The van der Waals surface area contributed by atoms with Crippen molar-refractivity contribution in [2.24, 2.45) is 0 Å². The molecule has 3 aromatic rings. The Morgan fingerprint density at radius 2 is 1.11 bits per heavy atom. The molecule has 0 spiro atoms. The molecule has 0 unspecified atom stereocenters. The normalized spacial score (nSPS) is 11.6. The van der Waals surface area contributed by atoms with Gasteiger partial charge in [0, 0.05) is 0 Å². The van der Waals surface area contributed by atoms with Gasteiger partial charge in [0.1, 0.15) is 0 Å². The smallest absolute Gasteiger partial charge is 0.0140 e. The molecule has 0 aliphatic heterocycles. The largest absolute Gasteiger partial charge is 0.0683 e. The summed E-state index contributed by atoms with van der Waals surface area (Å²) in [5.41, 5.74) is 6.04. The van der Waals surface area contributed by atoms with Gasteiger partial charge in [-0.05, 0) is 80.1 Å². The van der Waals surface area contributed by atoms with Crippen LogP contribution in [0.4, 0.5) is 0 Å². The van der Waals surface area contributed by atoms with Gasteiger partial charge in [-0.25, -0.2) is 0 Å². The molecule has 146 valence electrons. The molecular formula is C27H38. The zero-order chi connectivity index (χ0) is 20.3. The van der Waals surface area contributed by atoms with Crippen molar-refractivity contribution in [3.8, 4) is 0 Å². The molecule has 3 rings (SSSR count). The van der Waals surface area contributed by atoms with E-state index in [4.69, 9.17) is 0 Å². The summed E-state index contributed by atoms with van der Waals surface area (Å²) in [5.74, 6) is 1.68. The molecule has 0 amide bonds. The van der Waals surface area contributed by atoms with E-state index in [0.29, 0.717) is 17.8 Å². The fourth-order valence-electron chi connectivity index (χ4n) is 4.35. The first-order chi connectivity index (χ1) is 12.8. The minimum absolute atomic E-state index is 0.541. The Kier molecular flexibility index (Phi) is 7.09. The third kappa shape index (κ3) is 4.05. The summed E-state index contributed by atoms with van der Waals surface area (Å²) < 4.78 is 0. The third-order valence-corrected chi connectivity index (χ3v) is 5.56. The average Bonchev–Trinajstić information content (AvgIpc) is 2.65. The molecule has 0 nitrogen and oxygen atoms in total. The molecule has 0 saturated carbocycles. The minimum Gasteiger partial charge on any atom is -0.0683 e. The van der Waals surface area contributed by atoms with Gasteiger partial charge in [0.2, 0.25) is 0 Å². The van der Waals surface area contributed by atoms with Crippen LogP contribution in [0.3, 0.4) is 0 Å². The first kappa shape index (κ1) is 21.5. The highest BCUT2D eigenvalue weighted by atomic mass is 14.2. The van der Waals surface area contributed by atoms with Crippen LogP contribution in [0, 0.1) is 0 Å². The van der Waals surface area contributed by atoms with E-state index in [0.717, 1.165) is 6.42 Å². The lowest BCUT2D eigenvalue weighted by Crippen LogP contribution is -2.01. The first-order valence-corrected chi connectivity index (χ1v) is 10.9. The van der Waals surface area contributed by atoms with Gasteiger partial charge in [-0.1, -0.05) is 86.6 Å². The number of fused-ring (bicyclic) bond motifs is 2. The summed E-state index contributed by atoms with van der Waals surface area (Å²) in [6, 6.07) is 14.2. The number of hydrogen-bond donors (Lipinski definition) is 0. The number of rotatable bonds is 4. The molecule has 0 atom stereocenters. The molecule has 0 saturated heterocycles. The van der Waals surface area contributed by atoms with Crippen LogP contribution in [0.15, 0.2) is 36.4 Å². The van der Waals surface area contributed by atoms with Crippen molar-refractivity contribution < 1.29 is 0 Å². The van der Waals surface area contributed by atoms with E-state index in [1.165, 1.54) is 43.8 Å². The van der Waals surface area contributed by atoms with E-state index in [-0.39, 0.29) is 0 Å². The Labute approximate surface area is 167 Å². The van der Waals surface area contributed by atoms with Crippen LogP contribution in [0.2, 0.25) is 0 Å². The lowest BCUT2D eigenvalue weighted by molar-refractivity contribution is 0.798. The SMILES string of the molecule is CC.CCc1c(C(C)C)ccc2cc3c(C(C)C)c(C(C)C)ccc3cc12. The summed E-state index contributed by atoms with van der Waals surface area (Å²) in [6.07, 6.45) is 1.09. The van der Waals surface area contributed by atoms with Crippen molar-refractivity contribution >= 4 is 21.5 Å². The molecule has 0 N–H and O–H groups in total. The van der Waals surface area contributed by atoms with Crippen LogP contribution >= 0.6 is 0 Å². The quantitative estimate of drug-likeness (QED) is 0.406. The lowest BCUT2D eigenvalue weighted by atomic mass is 9.84. The molecule has 0 heteroatoms. The summed E-state index contributed by atoms with van der Waals surface area (Å²) >= 11 is 0. The second-order valence-corrected chi connectivity index (χ2v) is 8.31. The van der Waals surface area contributed by atoms with Gasteiger partial charge >= 0.3 is 0 Å². The summed E-state index contributed by atoms with van der Waals surface area (Å²) in [4.78, 5) is 0. The fraction of sp³-hybridized carbons (Fsp3) is 0.481. The monoisotopic (exact) mass is 362 g/mol. The molecule has 0 aliphatic carbocycles. The minimum atomic E-state index is 0.541. The second kappa shape index (κ2) is 8.91. The van der Waals surface area contributed by atoms with Gasteiger partial charge in [-0.3, -0.25) is 0 Å². The topological polar surface area (TPSA) is 0 Å². The van der Waals surface area contributed by atoms with Crippen LogP contribution in [-0.4, -0.2) is 0 Å². The first-order valence-electron chi connectivity index (χ1n) is 10.9. The molecule has 0 radical (unpaired) electrons. The molecular weight excluding hydrogens is 324 g/mol. The highest BCUT2D eigenvalue weighted by Crippen LogP contribution is 2.37. The van der Waals surface area contributed by atoms with Gasteiger partial charge in [0.05, 0.1) is 0 Å². The van der Waals surface area contributed by atoms with Gasteiger partial charge < -0.3 is 0 Å². The number of hydrogen-bond acceptors (Lipinski definition) is 0. The molecule has 0 fully saturated rings. The van der Waals surface area contributed by atoms with Crippen LogP contribution in [0.1, 0.15) is 102 Å². The molecule has 0 aliphatic rings. The Balaban J connectivity index is 0.00000126. The van der Waals surface area contributed by atoms with Crippen LogP contribution in [-0.2, 0) is 6.42 Å². The van der Waals surface area contributed by atoms with Crippen LogP contribution < -0.4 is 0 Å². The summed E-state index contributed by atoms with van der Waals surface area (Å²) in [6.45, 7) is 20.1. The Morgan fingerprint density at radius 1 is 0.630 bits per heavy atom. The predicted octanol–water partition coefficient (Wildman–Crippen LogP) is 8.95. The van der Waals surface area contributed by atoms with Crippen LogP contribution in [0.5, 0.6) is 0 Å². The zero-order valence-corrected chi connectivity index (χ0v) is 18.9. The molecule has 27 heavy (non-hydrogen) atoms. The van der Waals surface area contributed by atoms with E-state index >= 15 is 0 Å². The van der Waals surface area contributed by atoms with E-state index in [9.17, 15) is 0 Å². The van der Waals surface area contributed by atoms with Crippen molar-refractivity contribution in [3.63, 3.8) is 0 Å². The maximum absolute atomic E-state index is 2.44.